The summed E-state index contributed by atoms with van der Waals surface area (Å²) in [6.07, 6.45) is -1.30. The Morgan fingerprint density at radius 1 is 1.23 bits per heavy atom. The number of fused-ring (bicyclic) bond motifs is 2. The fourth-order valence-corrected chi connectivity index (χ4v) is 5.76. The fourth-order valence-electron chi connectivity index (χ4n) is 5.76. The van der Waals surface area contributed by atoms with E-state index in [2.05, 4.69) is 5.32 Å². The van der Waals surface area contributed by atoms with Gasteiger partial charge in [0.25, 0.3) is 11.8 Å². The third-order valence-corrected chi connectivity index (χ3v) is 7.22. The number of amides is 2. The zero-order valence-corrected chi connectivity index (χ0v) is 20.6. The van der Waals surface area contributed by atoms with Gasteiger partial charge in [0, 0.05) is 29.7 Å². The maximum Gasteiger partial charge on any atom is 0.264 e. The van der Waals surface area contributed by atoms with Crippen molar-refractivity contribution in [3.05, 3.63) is 59.7 Å². The normalized spacial score (nSPS) is 26.8. The number of anilines is 2. The molecule has 0 unspecified atom stereocenters. The lowest BCUT2D eigenvalue weighted by Gasteiger charge is -2.34. The predicted molar refractivity (Wildman–Crippen MR) is 132 cm³/mol. The number of aliphatic hydroxyl groups is 3. The molecule has 2 heterocycles. The van der Waals surface area contributed by atoms with Crippen molar-refractivity contribution in [1.29, 1.82) is 0 Å². The molecule has 5 atom stereocenters. The lowest BCUT2D eigenvalue weighted by Crippen LogP contribution is -2.46. The molecule has 2 aromatic carbocycles. The molecule has 0 saturated carbocycles. The van der Waals surface area contributed by atoms with Gasteiger partial charge in [0.15, 0.2) is 5.60 Å². The highest BCUT2D eigenvalue weighted by Gasteiger charge is 2.65. The number of carbonyl (C=O) groups excluding carboxylic acids is 2. The molecular formula is C27H34N2O6. The number of hydrogen-bond donors (Lipinski definition) is 4. The topological polar surface area (TPSA) is 119 Å². The number of para-hydroxylation sites is 1. The zero-order chi connectivity index (χ0) is 25.5. The van der Waals surface area contributed by atoms with Crippen LogP contribution < -0.4 is 10.2 Å². The molecule has 1 fully saturated rings. The van der Waals surface area contributed by atoms with Crippen LogP contribution in [0.4, 0.5) is 11.4 Å². The summed E-state index contributed by atoms with van der Waals surface area (Å²) in [6.45, 7) is 6.92. The third kappa shape index (κ3) is 4.36. The van der Waals surface area contributed by atoms with Gasteiger partial charge in [-0.15, -0.1) is 0 Å². The monoisotopic (exact) mass is 482 g/mol. The van der Waals surface area contributed by atoms with Crippen molar-refractivity contribution >= 4 is 23.2 Å². The quantitative estimate of drug-likeness (QED) is 0.482. The van der Waals surface area contributed by atoms with Gasteiger partial charge in [-0.05, 0) is 51.0 Å². The molecule has 8 nitrogen and oxygen atoms in total. The van der Waals surface area contributed by atoms with Crippen molar-refractivity contribution in [1.82, 2.24) is 0 Å². The second-order valence-electron chi connectivity index (χ2n) is 10.1. The molecule has 2 aliphatic rings. The van der Waals surface area contributed by atoms with Crippen LogP contribution in [0, 0.1) is 11.8 Å². The molecule has 0 aliphatic carbocycles. The maximum absolute atomic E-state index is 14.1. The van der Waals surface area contributed by atoms with Gasteiger partial charge in [0.05, 0.1) is 23.9 Å². The summed E-state index contributed by atoms with van der Waals surface area (Å²) in [6, 6.07) is 14.7. The molecule has 2 aromatic rings. The Kier molecular flexibility index (Phi) is 6.76. The number of rotatable bonds is 7. The van der Waals surface area contributed by atoms with E-state index in [0.29, 0.717) is 12.1 Å². The number of nitrogens with one attached hydrogen (secondary N) is 1. The van der Waals surface area contributed by atoms with Gasteiger partial charge in [0.2, 0.25) is 0 Å². The number of nitrogens with zero attached hydrogens (tertiary/aromatic N) is 1. The van der Waals surface area contributed by atoms with E-state index in [9.17, 15) is 24.9 Å². The number of carbonyl (C=O) groups is 2. The summed E-state index contributed by atoms with van der Waals surface area (Å²) in [5, 5.41) is 32.8. The molecule has 35 heavy (non-hydrogen) atoms. The van der Waals surface area contributed by atoms with Crippen LogP contribution >= 0.6 is 0 Å². The molecule has 188 valence electrons. The molecule has 0 bridgehead atoms. The van der Waals surface area contributed by atoms with Gasteiger partial charge >= 0.3 is 0 Å². The van der Waals surface area contributed by atoms with E-state index >= 15 is 0 Å². The standard InChI is InChI=1S/C27H34N2O6/c1-16-23(26(3,4)34)22(12-13-30)35-27(16)20-10-5-6-11-21(20)29(25(27)33)15-18-8-7-9-19(14-18)28-24(32)17(2)31/h5-11,14,16-17,22-23,30-31,34H,12-13,15H2,1-4H3,(H,28,32)/t16-,17-,22+,23-,27+/m0/s1. The minimum Gasteiger partial charge on any atom is -0.396 e. The van der Waals surface area contributed by atoms with Crippen LogP contribution in [0.1, 0.15) is 45.2 Å². The summed E-state index contributed by atoms with van der Waals surface area (Å²) >= 11 is 0. The Hall–Kier alpha value is -2.78. The SMILES string of the molecule is C[C@H](O)C(=O)Nc1cccc(CN2C(=O)[C@]3(O[C@H](CCO)[C@@H](C(C)(C)O)[C@@H]3C)c3ccccc32)c1. The second kappa shape index (κ2) is 9.35. The first-order valence-corrected chi connectivity index (χ1v) is 12.0. The van der Waals surface area contributed by atoms with Gasteiger partial charge in [-0.1, -0.05) is 37.3 Å². The van der Waals surface area contributed by atoms with E-state index in [1.54, 1.807) is 36.9 Å². The van der Waals surface area contributed by atoms with E-state index in [4.69, 9.17) is 4.74 Å². The second-order valence-corrected chi connectivity index (χ2v) is 10.1. The van der Waals surface area contributed by atoms with Crippen LogP contribution in [-0.2, 0) is 26.5 Å². The average molecular weight is 483 g/mol. The molecule has 0 aromatic heterocycles. The van der Waals surface area contributed by atoms with Crippen molar-refractivity contribution in [2.45, 2.75) is 64.1 Å². The van der Waals surface area contributed by atoms with Crippen LogP contribution in [0.15, 0.2) is 48.5 Å². The highest BCUT2D eigenvalue weighted by atomic mass is 16.5. The van der Waals surface area contributed by atoms with Gasteiger partial charge in [-0.3, -0.25) is 9.59 Å². The van der Waals surface area contributed by atoms with Crippen LogP contribution in [0.25, 0.3) is 0 Å². The highest BCUT2D eigenvalue weighted by molar-refractivity contribution is 6.07. The molecule has 2 aliphatic heterocycles. The van der Waals surface area contributed by atoms with Crippen LogP contribution in [0.5, 0.6) is 0 Å². The summed E-state index contributed by atoms with van der Waals surface area (Å²) in [4.78, 5) is 27.7. The van der Waals surface area contributed by atoms with Crippen molar-refractivity contribution in [3.63, 3.8) is 0 Å². The first kappa shape index (κ1) is 25.3. The van der Waals surface area contributed by atoms with Crippen molar-refractivity contribution < 1.29 is 29.6 Å². The van der Waals surface area contributed by atoms with Crippen molar-refractivity contribution in [2.75, 3.05) is 16.8 Å². The van der Waals surface area contributed by atoms with Gasteiger partial charge < -0.3 is 30.3 Å². The number of hydrogen-bond acceptors (Lipinski definition) is 6. The fraction of sp³-hybridized carbons (Fsp3) is 0.481. The Balaban J connectivity index is 1.70. The van der Waals surface area contributed by atoms with E-state index in [1.807, 2.05) is 37.3 Å². The van der Waals surface area contributed by atoms with Crippen LogP contribution in [-0.4, -0.2) is 51.5 Å². The minimum absolute atomic E-state index is 0.107. The Morgan fingerprint density at radius 3 is 2.60 bits per heavy atom. The number of benzene rings is 2. The summed E-state index contributed by atoms with van der Waals surface area (Å²) in [5.41, 5.74) is 0.442. The Bertz CT molecular complexity index is 1110. The number of ether oxygens (including phenoxy) is 1. The Labute approximate surface area is 205 Å². The highest BCUT2D eigenvalue weighted by Crippen LogP contribution is 2.57. The van der Waals surface area contributed by atoms with E-state index in [0.717, 1.165) is 16.8 Å². The largest absolute Gasteiger partial charge is 0.396 e. The summed E-state index contributed by atoms with van der Waals surface area (Å²) < 4.78 is 6.52. The van der Waals surface area contributed by atoms with Crippen LogP contribution in [0.3, 0.4) is 0 Å². The molecular weight excluding hydrogens is 448 g/mol. The van der Waals surface area contributed by atoms with E-state index in [1.165, 1.54) is 6.92 Å². The predicted octanol–water partition coefficient (Wildman–Crippen LogP) is 2.55. The summed E-state index contributed by atoms with van der Waals surface area (Å²) in [5.74, 6) is -1.41. The van der Waals surface area contributed by atoms with Gasteiger partial charge in [-0.25, -0.2) is 0 Å². The van der Waals surface area contributed by atoms with E-state index in [-0.39, 0.29) is 30.9 Å². The molecule has 1 spiro atoms. The molecule has 8 heteroatoms. The first-order valence-electron chi connectivity index (χ1n) is 12.0. The van der Waals surface area contributed by atoms with Crippen molar-refractivity contribution in [3.8, 4) is 0 Å². The lowest BCUT2D eigenvalue weighted by atomic mass is 9.71. The van der Waals surface area contributed by atoms with E-state index < -0.39 is 29.3 Å². The summed E-state index contributed by atoms with van der Waals surface area (Å²) in [7, 11) is 0. The molecule has 2 amide bonds. The molecule has 4 N–H and O–H groups in total. The first-order chi connectivity index (χ1) is 16.5. The zero-order valence-electron chi connectivity index (χ0n) is 20.6. The average Bonchev–Trinajstić information content (AvgIpc) is 3.21. The lowest BCUT2D eigenvalue weighted by molar-refractivity contribution is -0.146. The maximum atomic E-state index is 14.1. The van der Waals surface area contributed by atoms with Crippen molar-refractivity contribution in [2.24, 2.45) is 11.8 Å². The van der Waals surface area contributed by atoms with Gasteiger partial charge in [-0.2, -0.15) is 0 Å². The molecule has 1 saturated heterocycles. The smallest absolute Gasteiger partial charge is 0.264 e. The Morgan fingerprint density at radius 2 is 1.94 bits per heavy atom. The molecule has 4 rings (SSSR count). The van der Waals surface area contributed by atoms with Gasteiger partial charge in [0.1, 0.15) is 6.10 Å². The third-order valence-electron chi connectivity index (χ3n) is 7.22. The minimum atomic E-state index is -1.26. The van der Waals surface area contributed by atoms with Crippen LogP contribution in [0.2, 0.25) is 0 Å². The molecule has 0 radical (unpaired) electrons. The number of aliphatic hydroxyl groups excluding tert-OH is 2.